The van der Waals surface area contributed by atoms with Crippen LogP contribution in [0.25, 0.3) is 17.2 Å². The summed E-state index contributed by atoms with van der Waals surface area (Å²) in [6.07, 6.45) is 5.70. The monoisotopic (exact) mass is 246 g/mol. The molecule has 0 radical (unpaired) electrons. The molecular weight excluding hydrogens is 228 g/mol. The predicted octanol–water partition coefficient (Wildman–Crippen LogP) is 5.34. The van der Waals surface area contributed by atoms with Crippen molar-refractivity contribution in [3.05, 3.63) is 76.9 Å². The third-order valence-corrected chi connectivity index (χ3v) is 3.66. The van der Waals surface area contributed by atoms with Gasteiger partial charge in [-0.05, 0) is 47.3 Å². The molecule has 0 amide bonds. The molecule has 0 aliphatic heterocycles. The van der Waals surface area contributed by atoms with Gasteiger partial charge in [-0.2, -0.15) is 0 Å². The van der Waals surface area contributed by atoms with E-state index in [-0.39, 0.29) is 0 Å². The fourth-order valence-corrected chi connectivity index (χ4v) is 2.71. The van der Waals surface area contributed by atoms with Gasteiger partial charge in [-0.1, -0.05) is 67.1 Å². The first-order chi connectivity index (χ1) is 9.28. The zero-order valence-electron chi connectivity index (χ0n) is 11.5. The van der Waals surface area contributed by atoms with Crippen LogP contribution >= 0.6 is 0 Å². The molecule has 1 aliphatic carbocycles. The van der Waals surface area contributed by atoms with Gasteiger partial charge >= 0.3 is 0 Å². The Morgan fingerprint density at radius 3 is 2.47 bits per heavy atom. The zero-order chi connectivity index (χ0) is 13.2. The van der Waals surface area contributed by atoms with Gasteiger partial charge in [0.2, 0.25) is 0 Å². The number of allylic oxidation sites excluding steroid dienone is 3. The van der Waals surface area contributed by atoms with Gasteiger partial charge in [-0.25, -0.2) is 0 Å². The van der Waals surface area contributed by atoms with Crippen molar-refractivity contribution in [1.82, 2.24) is 0 Å². The molecule has 0 aromatic heterocycles. The Hall–Kier alpha value is -2.08. The summed E-state index contributed by atoms with van der Waals surface area (Å²) in [4.78, 5) is 0. The van der Waals surface area contributed by atoms with Crippen LogP contribution in [0.5, 0.6) is 0 Å². The van der Waals surface area contributed by atoms with E-state index in [2.05, 4.69) is 74.5 Å². The minimum Gasteiger partial charge on any atom is -0.0616 e. The lowest BCUT2D eigenvalue weighted by molar-refractivity contribution is 1.25. The molecule has 0 saturated carbocycles. The van der Waals surface area contributed by atoms with Crippen LogP contribution in [0.1, 0.15) is 35.6 Å². The number of hydrogen-bond donors (Lipinski definition) is 0. The van der Waals surface area contributed by atoms with Crippen LogP contribution in [0.3, 0.4) is 0 Å². The van der Waals surface area contributed by atoms with Gasteiger partial charge in [0, 0.05) is 0 Å². The number of benzene rings is 2. The van der Waals surface area contributed by atoms with Crippen LogP contribution in [0.2, 0.25) is 0 Å². The number of aryl methyl sites for hydroxylation is 1. The number of fused-ring (bicyclic) bond motifs is 1. The highest BCUT2D eigenvalue weighted by atomic mass is 14.2. The molecule has 0 bridgehead atoms. The van der Waals surface area contributed by atoms with Crippen molar-refractivity contribution in [2.45, 2.75) is 20.3 Å². The molecule has 0 nitrogen and oxygen atoms in total. The lowest BCUT2D eigenvalue weighted by atomic mass is 10.0. The van der Waals surface area contributed by atoms with Crippen molar-refractivity contribution in [1.29, 1.82) is 0 Å². The zero-order valence-corrected chi connectivity index (χ0v) is 11.5. The SMILES string of the molecule is CCC1=CC(=Cc2cccc(C)c2)c2ccccc21. The largest absolute Gasteiger partial charge is 0.0616 e. The number of rotatable bonds is 2. The molecule has 2 aromatic rings. The lowest BCUT2D eigenvalue weighted by Gasteiger charge is -2.03. The van der Waals surface area contributed by atoms with Gasteiger partial charge in [-0.15, -0.1) is 0 Å². The average Bonchev–Trinajstić information content (AvgIpc) is 2.77. The van der Waals surface area contributed by atoms with Crippen molar-refractivity contribution in [3.8, 4) is 0 Å². The highest BCUT2D eigenvalue weighted by Crippen LogP contribution is 2.37. The summed E-state index contributed by atoms with van der Waals surface area (Å²) in [6.45, 7) is 4.36. The Morgan fingerprint density at radius 1 is 0.947 bits per heavy atom. The molecule has 0 spiro atoms. The molecule has 19 heavy (non-hydrogen) atoms. The second-order valence-electron chi connectivity index (χ2n) is 5.08. The van der Waals surface area contributed by atoms with E-state index in [0.29, 0.717) is 0 Å². The van der Waals surface area contributed by atoms with E-state index in [1.54, 1.807) is 0 Å². The van der Waals surface area contributed by atoms with Gasteiger partial charge in [0.05, 0.1) is 0 Å². The Labute approximate surface area is 115 Å². The highest BCUT2D eigenvalue weighted by Gasteiger charge is 2.15. The molecular formula is C19H18. The summed E-state index contributed by atoms with van der Waals surface area (Å²) in [5.41, 5.74) is 8.11. The second-order valence-corrected chi connectivity index (χ2v) is 5.08. The third-order valence-electron chi connectivity index (χ3n) is 3.66. The molecule has 0 unspecified atom stereocenters. The standard InChI is InChI=1S/C19H18/c1-3-16-13-17(19-10-5-4-9-18(16)19)12-15-8-6-7-14(2)11-15/h4-13H,3H2,1-2H3. The molecule has 0 fully saturated rings. The van der Waals surface area contributed by atoms with E-state index < -0.39 is 0 Å². The van der Waals surface area contributed by atoms with E-state index in [1.807, 2.05) is 0 Å². The van der Waals surface area contributed by atoms with Gasteiger partial charge in [0.25, 0.3) is 0 Å². The fourth-order valence-electron chi connectivity index (χ4n) is 2.71. The molecule has 0 heterocycles. The predicted molar refractivity (Wildman–Crippen MR) is 83.8 cm³/mol. The minimum atomic E-state index is 1.09. The lowest BCUT2D eigenvalue weighted by Crippen LogP contribution is -1.83. The van der Waals surface area contributed by atoms with Crippen LogP contribution in [-0.4, -0.2) is 0 Å². The first-order valence-electron chi connectivity index (χ1n) is 6.86. The average molecular weight is 246 g/mol. The molecule has 0 heteroatoms. The van der Waals surface area contributed by atoms with Crippen molar-refractivity contribution in [2.24, 2.45) is 0 Å². The fraction of sp³-hybridized carbons (Fsp3) is 0.158. The van der Waals surface area contributed by atoms with Crippen LogP contribution in [0, 0.1) is 6.92 Å². The summed E-state index contributed by atoms with van der Waals surface area (Å²) >= 11 is 0. The summed E-state index contributed by atoms with van der Waals surface area (Å²) in [5, 5.41) is 0. The van der Waals surface area contributed by atoms with E-state index in [4.69, 9.17) is 0 Å². The summed E-state index contributed by atoms with van der Waals surface area (Å²) in [7, 11) is 0. The van der Waals surface area contributed by atoms with Crippen LogP contribution in [-0.2, 0) is 0 Å². The van der Waals surface area contributed by atoms with Gasteiger partial charge in [-0.3, -0.25) is 0 Å². The van der Waals surface area contributed by atoms with E-state index >= 15 is 0 Å². The van der Waals surface area contributed by atoms with Crippen LogP contribution in [0.15, 0.2) is 54.6 Å². The van der Waals surface area contributed by atoms with E-state index in [9.17, 15) is 0 Å². The molecule has 94 valence electrons. The summed E-state index contributed by atoms with van der Waals surface area (Å²) in [5.74, 6) is 0. The van der Waals surface area contributed by atoms with Crippen molar-refractivity contribution < 1.29 is 0 Å². The second kappa shape index (κ2) is 4.89. The maximum absolute atomic E-state index is 2.33. The Balaban J connectivity index is 2.09. The van der Waals surface area contributed by atoms with E-state index in [0.717, 1.165) is 6.42 Å². The van der Waals surface area contributed by atoms with Crippen molar-refractivity contribution >= 4 is 17.2 Å². The van der Waals surface area contributed by atoms with Crippen molar-refractivity contribution in [2.75, 3.05) is 0 Å². The number of hydrogen-bond acceptors (Lipinski definition) is 0. The molecule has 0 N–H and O–H groups in total. The summed E-state index contributed by atoms with van der Waals surface area (Å²) < 4.78 is 0. The highest BCUT2D eigenvalue weighted by molar-refractivity contribution is 6.01. The topological polar surface area (TPSA) is 0 Å². The minimum absolute atomic E-state index is 1.09. The van der Waals surface area contributed by atoms with Gasteiger partial charge in [0.15, 0.2) is 0 Å². The smallest absolute Gasteiger partial charge is 0.0108 e. The van der Waals surface area contributed by atoms with Crippen molar-refractivity contribution in [3.63, 3.8) is 0 Å². The Bertz CT molecular complexity index is 672. The normalized spacial score (nSPS) is 15.5. The van der Waals surface area contributed by atoms with Crippen LogP contribution < -0.4 is 0 Å². The first kappa shape index (κ1) is 12.0. The van der Waals surface area contributed by atoms with Gasteiger partial charge < -0.3 is 0 Å². The Kier molecular flexibility index (Phi) is 3.08. The molecule has 3 rings (SSSR count). The molecule has 1 aliphatic rings. The maximum atomic E-state index is 2.33. The summed E-state index contributed by atoms with van der Waals surface area (Å²) in [6, 6.07) is 17.3. The Morgan fingerprint density at radius 2 is 1.74 bits per heavy atom. The molecule has 2 aromatic carbocycles. The van der Waals surface area contributed by atoms with Crippen LogP contribution in [0.4, 0.5) is 0 Å². The van der Waals surface area contributed by atoms with Gasteiger partial charge in [0.1, 0.15) is 0 Å². The third kappa shape index (κ3) is 2.26. The molecule has 0 saturated heterocycles. The van der Waals surface area contributed by atoms with E-state index in [1.165, 1.54) is 33.4 Å². The molecule has 0 atom stereocenters. The maximum Gasteiger partial charge on any atom is -0.0108 e. The quantitative estimate of drug-likeness (QED) is 0.670. The first-order valence-corrected chi connectivity index (χ1v) is 6.86.